The van der Waals surface area contributed by atoms with Crippen molar-refractivity contribution in [2.45, 2.75) is 0 Å². The molecule has 0 heterocycles. The third-order valence-corrected chi connectivity index (χ3v) is 2.87. The SMILES string of the molecule is Nc1cc(C(=O)O)c(F)cc1Nc1ccc(Cl)c(F)c1. The number of hydrogen-bond acceptors (Lipinski definition) is 3. The van der Waals surface area contributed by atoms with E-state index >= 15 is 0 Å². The molecule has 4 N–H and O–H groups in total. The van der Waals surface area contributed by atoms with Crippen molar-refractivity contribution >= 4 is 34.6 Å². The summed E-state index contributed by atoms with van der Waals surface area (Å²) < 4.78 is 26.8. The summed E-state index contributed by atoms with van der Waals surface area (Å²) in [6.45, 7) is 0. The molecule has 0 aromatic heterocycles. The van der Waals surface area contributed by atoms with E-state index in [1.807, 2.05) is 0 Å². The van der Waals surface area contributed by atoms with Crippen molar-refractivity contribution in [3.63, 3.8) is 0 Å². The molecule has 0 saturated carbocycles. The van der Waals surface area contributed by atoms with E-state index in [1.165, 1.54) is 12.1 Å². The van der Waals surface area contributed by atoms with Crippen LogP contribution in [0.3, 0.4) is 0 Å². The Bertz CT molecular complexity index is 692. The van der Waals surface area contributed by atoms with Crippen LogP contribution in [0.4, 0.5) is 25.8 Å². The normalized spacial score (nSPS) is 10.3. The van der Waals surface area contributed by atoms with Crippen molar-refractivity contribution in [3.8, 4) is 0 Å². The first-order valence-electron chi connectivity index (χ1n) is 5.43. The van der Waals surface area contributed by atoms with Crippen LogP contribution < -0.4 is 11.1 Å². The Balaban J connectivity index is 2.36. The first-order valence-corrected chi connectivity index (χ1v) is 5.80. The summed E-state index contributed by atoms with van der Waals surface area (Å²) in [5, 5.41) is 11.4. The van der Waals surface area contributed by atoms with E-state index < -0.39 is 23.2 Å². The summed E-state index contributed by atoms with van der Waals surface area (Å²) in [7, 11) is 0. The van der Waals surface area contributed by atoms with Crippen molar-refractivity contribution in [3.05, 3.63) is 52.6 Å². The molecule has 104 valence electrons. The Hall–Kier alpha value is -2.34. The number of aromatic carboxylic acids is 1. The molecule has 0 radical (unpaired) electrons. The molecule has 2 rings (SSSR count). The number of carbonyl (C=O) groups is 1. The monoisotopic (exact) mass is 298 g/mol. The Labute approximate surface area is 117 Å². The lowest BCUT2D eigenvalue weighted by Crippen LogP contribution is -2.05. The van der Waals surface area contributed by atoms with Gasteiger partial charge in [0.15, 0.2) is 0 Å². The summed E-state index contributed by atoms with van der Waals surface area (Å²) in [6, 6.07) is 5.85. The zero-order valence-corrected chi connectivity index (χ0v) is 10.7. The van der Waals surface area contributed by atoms with Crippen LogP contribution in [-0.2, 0) is 0 Å². The summed E-state index contributed by atoms with van der Waals surface area (Å²) in [5.41, 5.74) is 5.57. The van der Waals surface area contributed by atoms with E-state index in [2.05, 4.69) is 5.32 Å². The Morgan fingerprint density at radius 1 is 1.20 bits per heavy atom. The molecule has 7 heteroatoms. The van der Waals surface area contributed by atoms with Gasteiger partial charge in [-0.2, -0.15) is 0 Å². The van der Waals surface area contributed by atoms with Crippen molar-refractivity contribution in [1.82, 2.24) is 0 Å². The maximum atomic E-state index is 13.6. The number of carboxylic acids is 1. The number of rotatable bonds is 3. The van der Waals surface area contributed by atoms with Gasteiger partial charge in [-0.3, -0.25) is 0 Å². The predicted octanol–water partition coefficient (Wildman–Crippen LogP) is 3.64. The topological polar surface area (TPSA) is 75.4 Å². The molecule has 0 atom stereocenters. The average Bonchev–Trinajstić information content (AvgIpc) is 2.37. The first-order chi connectivity index (χ1) is 9.38. The van der Waals surface area contributed by atoms with Crippen molar-refractivity contribution in [1.29, 1.82) is 0 Å². The maximum Gasteiger partial charge on any atom is 0.338 e. The molecule has 0 amide bonds. The van der Waals surface area contributed by atoms with E-state index in [9.17, 15) is 13.6 Å². The highest BCUT2D eigenvalue weighted by atomic mass is 35.5. The Morgan fingerprint density at radius 2 is 1.90 bits per heavy atom. The second-order valence-electron chi connectivity index (χ2n) is 3.98. The van der Waals surface area contributed by atoms with Crippen molar-refractivity contribution < 1.29 is 18.7 Å². The lowest BCUT2D eigenvalue weighted by Gasteiger charge is -2.11. The second-order valence-corrected chi connectivity index (χ2v) is 4.39. The minimum Gasteiger partial charge on any atom is -0.478 e. The van der Waals surface area contributed by atoms with Crippen LogP contribution >= 0.6 is 11.6 Å². The standard InChI is InChI=1S/C13H9ClF2N2O2/c14-8-2-1-6(3-10(8)16)18-12-5-9(15)7(13(19)20)4-11(12)17/h1-5,18H,17H2,(H,19,20). The van der Waals surface area contributed by atoms with Crippen LogP contribution in [0.1, 0.15) is 10.4 Å². The molecular formula is C13H9ClF2N2O2. The van der Waals surface area contributed by atoms with Gasteiger partial charge in [0.2, 0.25) is 0 Å². The van der Waals surface area contributed by atoms with Crippen LogP contribution in [0.2, 0.25) is 5.02 Å². The van der Waals surface area contributed by atoms with Crippen molar-refractivity contribution in [2.24, 2.45) is 0 Å². The van der Waals surface area contributed by atoms with Crippen LogP contribution in [0.5, 0.6) is 0 Å². The highest BCUT2D eigenvalue weighted by Gasteiger charge is 2.14. The van der Waals surface area contributed by atoms with Crippen LogP contribution in [0.15, 0.2) is 30.3 Å². The summed E-state index contributed by atoms with van der Waals surface area (Å²) in [5.74, 6) is -3.00. The molecule has 20 heavy (non-hydrogen) atoms. The van der Waals surface area contributed by atoms with Gasteiger partial charge in [0.25, 0.3) is 0 Å². The zero-order valence-electron chi connectivity index (χ0n) is 9.95. The van der Waals surface area contributed by atoms with Crippen molar-refractivity contribution in [2.75, 3.05) is 11.1 Å². The molecule has 0 aliphatic carbocycles. The second kappa shape index (κ2) is 5.34. The van der Waals surface area contributed by atoms with E-state index in [0.717, 1.165) is 18.2 Å². The molecule has 0 spiro atoms. The van der Waals surface area contributed by atoms with Gasteiger partial charge in [0, 0.05) is 11.8 Å². The number of anilines is 3. The fraction of sp³-hybridized carbons (Fsp3) is 0. The zero-order chi connectivity index (χ0) is 14.9. The Morgan fingerprint density at radius 3 is 2.50 bits per heavy atom. The van der Waals surface area contributed by atoms with Gasteiger partial charge < -0.3 is 16.2 Å². The maximum absolute atomic E-state index is 13.6. The Kier molecular flexibility index (Phi) is 3.76. The van der Waals surface area contributed by atoms with E-state index in [1.54, 1.807) is 0 Å². The smallest absolute Gasteiger partial charge is 0.338 e. The molecule has 0 unspecified atom stereocenters. The van der Waals surface area contributed by atoms with Gasteiger partial charge in [-0.05, 0) is 24.3 Å². The molecule has 2 aromatic rings. The third kappa shape index (κ3) is 2.80. The van der Waals surface area contributed by atoms with Gasteiger partial charge in [0.05, 0.1) is 22.0 Å². The predicted molar refractivity (Wildman–Crippen MR) is 72.5 cm³/mol. The van der Waals surface area contributed by atoms with Gasteiger partial charge in [-0.1, -0.05) is 11.6 Å². The fourth-order valence-electron chi connectivity index (χ4n) is 1.59. The minimum absolute atomic E-state index is 0.0270. The highest BCUT2D eigenvalue weighted by Crippen LogP contribution is 2.28. The van der Waals surface area contributed by atoms with E-state index in [-0.39, 0.29) is 16.4 Å². The molecule has 2 aromatic carbocycles. The molecule has 0 bridgehead atoms. The number of hydrogen-bond donors (Lipinski definition) is 3. The molecule has 0 aliphatic rings. The number of carboxylic acid groups (broad SMARTS) is 1. The van der Waals surface area contributed by atoms with Gasteiger partial charge in [0.1, 0.15) is 11.6 Å². The van der Waals surface area contributed by atoms with Gasteiger partial charge in [-0.15, -0.1) is 0 Å². The van der Waals surface area contributed by atoms with E-state index in [0.29, 0.717) is 5.69 Å². The first kappa shape index (κ1) is 14.1. The van der Waals surface area contributed by atoms with Crippen LogP contribution in [0.25, 0.3) is 0 Å². The lowest BCUT2D eigenvalue weighted by molar-refractivity contribution is 0.0692. The van der Waals surface area contributed by atoms with Gasteiger partial charge in [-0.25, -0.2) is 13.6 Å². The quantitative estimate of drug-likeness (QED) is 0.756. The summed E-state index contributed by atoms with van der Waals surface area (Å²) in [6.07, 6.45) is 0. The minimum atomic E-state index is -1.42. The lowest BCUT2D eigenvalue weighted by atomic mass is 10.1. The molecule has 0 aliphatic heterocycles. The summed E-state index contributed by atoms with van der Waals surface area (Å²) >= 11 is 5.54. The third-order valence-electron chi connectivity index (χ3n) is 2.57. The van der Waals surface area contributed by atoms with Gasteiger partial charge >= 0.3 is 5.97 Å². The number of benzene rings is 2. The van der Waals surface area contributed by atoms with Crippen LogP contribution in [-0.4, -0.2) is 11.1 Å². The highest BCUT2D eigenvalue weighted by molar-refractivity contribution is 6.30. The molecule has 0 fully saturated rings. The van der Waals surface area contributed by atoms with E-state index in [4.69, 9.17) is 22.4 Å². The largest absolute Gasteiger partial charge is 0.478 e. The average molecular weight is 299 g/mol. The number of nitrogens with two attached hydrogens (primary N) is 1. The molecular weight excluding hydrogens is 290 g/mol. The number of nitrogens with one attached hydrogen (secondary N) is 1. The summed E-state index contributed by atoms with van der Waals surface area (Å²) in [4.78, 5) is 10.7. The van der Waals surface area contributed by atoms with Crippen LogP contribution in [0, 0.1) is 11.6 Å². The molecule has 4 nitrogen and oxygen atoms in total. The number of halogens is 3. The molecule has 0 saturated heterocycles. The fourth-order valence-corrected chi connectivity index (χ4v) is 1.71. The number of nitrogen functional groups attached to an aromatic ring is 1.